The number of aromatic carboxylic acids is 1. The molecule has 1 aromatic carbocycles. The van der Waals surface area contributed by atoms with Crippen molar-refractivity contribution in [1.29, 1.82) is 0 Å². The molecule has 0 saturated carbocycles. The van der Waals surface area contributed by atoms with Crippen LogP contribution in [0.2, 0.25) is 5.15 Å². The fraction of sp³-hybridized carbons (Fsp3) is 0.400. The Kier molecular flexibility index (Phi) is 10.4. The molecule has 3 N–H and O–H groups in total. The molecule has 41 heavy (non-hydrogen) atoms. The number of nitrogens with zero attached hydrogens (tertiary/aromatic N) is 3. The summed E-state index contributed by atoms with van der Waals surface area (Å²) in [5, 5.41) is 19.6. The average molecular weight is 598 g/mol. The molecule has 0 radical (unpaired) electrons. The van der Waals surface area contributed by atoms with E-state index in [2.05, 4.69) is 32.8 Å². The number of rotatable bonds is 10. The number of nitrogens with one attached hydrogen (secondary N) is 2. The number of benzene rings is 1. The number of hydrogen-bond acceptors (Lipinski definition) is 6. The first-order chi connectivity index (χ1) is 19.6. The highest BCUT2D eigenvalue weighted by Gasteiger charge is 2.30. The molecule has 9 nitrogen and oxygen atoms in total. The third-order valence-electron chi connectivity index (χ3n) is 7.58. The van der Waals surface area contributed by atoms with Gasteiger partial charge in [-0.1, -0.05) is 11.6 Å². The van der Waals surface area contributed by atoms with Crippen LogP contribution in [0, 0.1) is 13.8 Å². The Morgan fingerprint density at radius 2 is 1.88 bits per heavy atom. The number of hydrogen-bond donors (Lipinski definition) is 3. The van der Waals surface area contributed by atoms with Crippen molar-refractivity contribution in [2.75, 3.05) is 25.0 Å². The number of aryl methyl sites for hydroxylation is 2. The lowest BCUT2D eigenvalue weighted by molar-refractivity contribution is 0.0696. The highest BCUT2D eigenvalue weighted by atomic mass is 35.5. The molecule has 1 fully saturated rings. The van der Waals surface area contributed by atoms with Gasteiger partial charge in [0.1, 0.15) is 5.15 Å². The van der Waals surface area contributed by atoms with Crippen LogP contribution in [-0.2, 0) is 6.54 Å². The standard InChI is InChI=1S/C30H36ClN5O4S/c1-19-16-26(31)33-21(3)27(19)28(37)32-12-8-20(2)35-13-9-25(10-14-35)36(17-22-11-15-41-18-22)30(40)34-24-6-4-23(5-7-24)29(38)39/h4-7,11,15-16,18,20,25H,8-10,12-14,17H2,1-3H3,(H,32,37)(H,34,40)(H,38,39). The van der Waals surface area contributed by atoms with Crippen molar-refractivity contribution in [3.8, 4) is 0 Å². The van der Waals surface area contributed by atoms with Gasteiger partial charge in [0.15, 0.2) is 0 Å². The average Bonchev–Trinajstić information content (AvgIpc) is 3.45. The van der Waals surface area contributed by atoms with Gasteiger partial charge in [-0.2, -0.15) is 11.3 Å². The fourth-order valence-electron chi connectivity index (χ4n) is 5.27. The second-order valence-electron chi connectivity index (χ2n) is 10.5. The summed E-state index contributed by atoms with van der Waals surface area (Å²) in [6.07, 6.45) is 2.48. The summed E-state index contributed by atoms with van der Waals surface area (Å²) in [6.45, 7) is 8.57. The number of anilines is 1. The van der Waals surface area contributed by atoms with Crippen LogP contribution >= 0.6 is 22.9 Å². The number of carboxylic acid groups (broad SMARTS) is 1. The first-order valence-electron chi connectivity index (χ1n) is 13.7. The van der Waals surface area contributed by atoms with Crippen molar-refractivity contribution in [2.24, 2.45) is 0 Å². The SMILES string of the molecule is Cc1cc(Cl)nc(C)c1C(=O)NCCC(C)N1CCC(N(Cc2ccsc2)C(=O)Nc2ccc(C(=O)O)cc2)CC1. The molecule has 3 aromatic rings. The van der Waals surface area contributed by atoms with Crippen molar-refractivity contribution in [1.82, 2.24) is 20.1 Å². The number of halogens is 1. The summed E-state index contributed by atoms with van der Waals surface area (Å²) in [5.41, 5.74) is 3.82. The topological polar surface area (TPSA) is 115 Å². The second-order valence-corrected chi connectivity index (χ2v) is 11.6. The van der Waals surface area contributed by atoms with Crippen LogP contribution in [0.3, 0.4) is 0 Å². The van der Waals surface area contributed by atoms with Crippen LogP contribution in [0.25, 0.3) is 0 Å². The number of likely N-dealkylation sites (tertiary alicyclic amines) is 1. The first kappa shape index (κ1) is 30.5. The minimum absolute atomic E-state index is 0.0692. The van der Waals surface area contributed by atoms with Gasteiger partial charge in [0.2, 0.25) is 0 Å². The Labute approximate surface area is 249 Å². The number of pyridine rings is 1. The number of carbonyl (C=O) groups is 3. The molecule has 1 aliphatic heterocycles. The van der Waals surface area contributed by atoms with E-state index >= 15 is 0 Å². The lowest BCUT2D eigenvalue weighted by atomic mass is 10.0. The predicted octanol–water partition coefficient (Wildman–Crippen LogP) is 5.82. The molecule has 0 aliphatic carbocycles. The van der Waals surface area contributed by atoms with Gasteiger partial charge in [-0.15, -0.1) is 0 Å². The van der Waals surface area contributed by atoms with Crippen LogP contribution in [0.1, 0.15) is 63.7 Å². The molecule has 218 valence electrons. The summed E-state index contributed by atoms with van der Waals surface area (Å²) in [7, 11) is 0. The van der Waals surface area contributed by atoms with Gasteiger partial charge < -0.3 is 25.5 Å². The molecule has 3 amide bonds. The van der Waals surface area contributed by atoms with Gasteiger partial charge in [0.05, 0.1) is 16.8 Å². The lowest BCUT2D eigenvalue weighted by Crippen LogP contribution is -2.50. The van der Waals surface area contributed by atoms with Crippen LogP contribution in [0.5, 0.6) is 0 Å². The summed E-state index contributed by atoms with van der Waals surface area (Å²) < 4.78 is 0. The maximum atomic E-state index is 13.4. The molecule has 11 heteroatoms. The van der Waals surface area contributed by atoms with Crippen LogP contribution in [-0.4, -0.2) is 69.5 Å². The van der Waals surface area contributed by atoms with Crippen molar-refractivity contribution in [3.05, 3.63) is 80.3 Å². The van der Waals surface area contributed by atoms with E-state index in [9.17, 15) is 14.4 Å². The largest absolute Gasteiger partial charge is 0.478 e. The van der Waals surface area contributed by atoms with Gasteiger partial charge in [0.25, 0.3) is 5.91 Å². The minimum atomic E-state index is -1.01. The quantitative estimate of drug-likeness (QED) is 0.254. The zero-order valence-electron chi connectivity index (χ0n) is 23.5. The Bertz CT molecular complexity index is 1330. The van der Waals surface area contributed by atoms with Crippen molar-refractivity contribution >= 4 is 46.5 Å². The van der Waals surface area contributed by atoms with Crippen molar-refractivity contribution in [2.45, 2.75) is 58.7 Å². The molecule has 1 unspecified atom stereocenters. The first-order valence-corrected chi connectivity index (χ1v) is 15.0. The smallest absolute Gasteiger partial charge is 0.335 e. The highest BCUT2D eigenvalue weighted by molar-refractivity contribution is 7.07. The van der Waals surface area contributed by atoms with Crippen LogP contribution < -0.4 is 10.6 Å². The second kappa shape index (κ2) is 13.9. The van der Waals surface area contributed by atoms with E-state index in [-0.39, 0.29) is 29.6 Å². The number of thiophene rings is 1. The van der Waals surface area contributed by atoms with Gasteiger partial charge in [0, 0.05) is 44.0 Å². The number of carbonyl (C=O) groups excluding carboxylic acids is 2. The minimum Gasteiger partial charge on any atom is -0.478 e. The lowest BCUT2D eigenvalue weighted by Gasteiger charge is -2.40. The van der Waals surface area contributed by atoms with E-state index in [1.54, 1.807) is 36.5 Å². The third kappa shape index (κ3) is 8.06. The van der Waals surface area contributed by atoms with Crippen LogP contribution in [0.15, 0.2) is 47.2 Å². The normalized spacial score (nSPS) is 14.8. The Balaban J connectivity index is 1.31. The Morgan fingerprint density at radius 3 is 2.49 bits per heavy atom. The van der Waals surface area contributed by atoms with E-state index in [0.717, 1.165) is 43.5 Å². The summed E-state index contributed by atoms with van der Waals surface area (Å²) in [5.74, 6) is -1.14. The summed E-state index contributed by atoms with van der Waals surface area (Å²) in [6, 6.07) is 10.1. The molecular formula is C30H36ClN5O4S. The van der Waals surface area contributed by atoms with E-state index < -0.39 is 5.97 Å². The summed E-state index contributed by atoms with van der Waals surface area (Å²) in [4.78, 5) is 45.8. The van der Waals surface area contributed by atoms with E-state index in [1.807, 2.05) is 23.3 Å². The number of urea groups is 1. The molecule has 0 bridgehead atoms. The predicted molar refractivity (Wildman–Crippen MR) is 162 cm³/mol. The zero-order chi connectivity index (χ0) is 29.5. The third-order valence-corrected chi connectivity index (χ3v) is 8.51. The van der Waals surface area contributed by atoms with Crippen LogP contribution in [0.4, 0.5) is 10.5 Å². The molecular weight excluding hydrogens is 562 g/mol. The molecule has 1 atom stereocenters. The van der Waals surface area contributed by atoms with Gasteiger partial charge in [-0.05, 0) is 98.3 Å². The molecule has 1 aliphatic rings. The number of aromatic nitrogens is 1. The van der Waals surface area contributed by atoms with Crippen molar-refractivity contribution in [3.63, 3.8) is 0 Å². The fourth-order valence-corrected chi connectivity index (χ4v) is 6.22. The molecule has 3 heterocycles. The summed E-state index contributed by atoms with van der Waals surface area (Å²) >= 11 is 7.60. The number of piperidine rings is 1. The molecule has 0 spiro atoms. The maximum Gasteiger partial charge on any atom is 0.335 e. The van der Waals surface area contributed by atoms with Gasteiger partial charge in [-0.25, -0.2) is 14.6 Å². The molecule has 1 saturated heterocycles. The number of carboxylic acids is 1. The molecule has 2 aromatic heterocycles. The van der Waals surface area contributed by atoms with E-state index in [0.29, 0.717) is 35.2 Å². The Hall–Kier alpha value is -3.47. The number of amides is 3. The van der Waals surface area contributed by atoms with E-state index in [4.69, 9.17) is 16.7 Å². The highest BCUT2D eigenvalue weighted by Crippen LogP contribution is 2.24. The van der Waals surface area contributed by atoms with Gasteiger partial charge >= 0.3 is 12.0 Å². The van der Waals surface area contributed by atoms with Gasteiger partial charge in [-0.3, -0.25) is 4.79 Å². The zero-order valence-corrected chi connectivity index (χ0v) is 25.1. The Morgan fingerprint density at radius 1 is 1.17 bits per heavy atom. The monoisotopic (exact) mass is 597 g/mol. The van der Waals surface area contributed by atoms with E-state index in [1.165, 1.54) is 12.1 Å². The molecule has 4 rings (SSSR count). The maximum absolute atomic E-state index is 13.4. The van der Waals surface area contributed by atoms with Crippen molar-refractivity contribution < 1.29 is 19.5 Å².